The molecule has 0 radical (unpaired) electrons. The van der Waals surface area contributed by atoms with Gasteiger partial charge in [0.15, 0.2) is 12.7 Å². The second-order valence-electron chi connectivity index (χ2n) is 1.85. The van der Waals surface area contributed by atoms with Crippen LogP contribution in [0.15, 0.2) is 0 Å². The summed E-state index contributed by atoms with van der Waals surface area (Å²) in [5.41, 5.74) is 0. The number of carbonyl (C=O) groups excluding carboxylic acids is 2. The summed E-state index contributed by atoms with van der Waals surface area (Å²) in [4.78, 5) is 21.0. The van der Waals surface area contributed by atoms with E-state index < -0.39 is 24.6 Å². The maximum absolute atomic E-state index is 10.6. The van der Waals surface area contributed by atoms with Gasteiger partial charge in [-0.1, -0.05) is 0 Å². The van der Waals surface area contributed by atoms with Crippen molar-refractivity contribution in [2.45, 2.75) is 6.10 Å². The van der Waals surface area contributed by atoms with Gasteiger partial charge in [0.05, 0.1) is 13.0 Å². The van der Waals surface area contributed by atoms with E-state index in [0.717, 1.165) is 7.11 Å². The monoisotopic (exact) mass is 196 g/mol. The predicted octanol–water partition coefficient (Wildman–Crippen LogP) is -0.698. The summed E-state index contributed by atoms with van der Waals surface area (Å²) in [6.45, 7) is -0.511. The minimum absolute atomic E-state index is 0.264. The Kier molecular flexibility index (Phi) is 5.40. The summed E-state index contributed by atoms with van der Waals surface area (Å²) in [7, 11) is 1.16. The number of methoxy groups -OCH3 is 1. The van der Waals surface area contributed by atoms with Crippen LogP contribution in [0.25, 0.3) is 0 Å². The lowest BCUT2D eigenvalue weighted by molar-refractivity contribution is -0.162. The molecule has 0 bridgehead atoms. The third-order valence-corrected chi connectivity index (χ3v) is 1.27. The summed E-state index contributed by atoms with van der Waals surface area (Å²) in [5.74, 6) is -1.89. The number of alkyl halides is 1. The summed E-state index contributed by atoms with van der Waals surface area (Å²) in [6, 6.07) is 0. The molecule has 0 fully saturated rings. The van der Waals surface area contributed by atoms with Crippen molar-refractivity contribution in [3.05, 3.63) is 0 Å². The van der Waals surface area contributed by atoms with E-state index in [4.69, 9.17) is 16.7 Å². The van der Waals surface area contributed by atoms with Gasteiger partial charge in [0.1, 0.15) is 0 Å². The predicted molar refractivity (Wildman–Crippen MR) is 39.7 cm³/mol. The number of carbonyl (C=O) groups is 2. The summed E-state index contributed by atoms with van der Waals surface area (Å²) in [5, 5.41) is 8.75. The Bertz CT molecular complexity index is 169. The maximum atomic E-state index is 10.6. The van der Waals surface area contributed by atoms with Crippen molar-refractivity contribution in [3.8, 4) is 0 Å². The Morgan fingerprint density at radius 2 is 2.17 bits per heavy atom. The zero-order valence-electron chi connectivity index (χ0n) is 6.45. The van der Waals surface area contributed by atoms with Crippen LogP contribution in [-0.2, 0) is 19.1 Å². The first-order chi connectivity index (χ1) is 5.61. The van der Waals surface area contributed by atoms with Gasteiger partial charge in [-0.2, -0.15) is 0 Å². The van der Waals surface area contributed by atoms with Crippen LogP contribution >= 0.6 is 11.6 Å². The fourth-order valence-corrected chi connectivity index (χ4v) is 0.474. The maximum Gasteiger partial charge on any atom is 0.344 e. The van der Waals surface area contributed by atoms with E-state index in [1.807, 2.05) is 0 Å². The van der Waals surface area contributed by atoms with Crippen molar-refractivity contribution in [1.29, 1.82) is 0 Å². The van der Waals surface area contributed by atoms with Gasteiger partial charge in [0, 0.05) is 0 Å². The fourth-order valence-electron chi connectivity index (χ4n) is 0.348. The second kappa shape index (κ2) is 5.79. The minimum Gasteiger partial charge on any atom is -0.466 e. The van der Waals surface area contributed by atoms with E-state index in [0.29, 0.717) is 0 Å². The Hall–Kier alpha value is -0.810. The molecule has 0 aromatic heterocycles. The Balaban J connectivity index is 3.64. The molecule has 1 N–H and O–H groups in total. The highest BCUT2D eigenvalue weighted by molar-refractivity contribution is 6.19. The number of rotatable bonds is 4. The van der Waals surface area contributed by atoms with Crippen LogP contribution in [0.1, 0.15) is 0 Å². The topological polar surface area (TPSA) is 72.8 Å². The molecule has 1 atom stereocenters. The molecule has 1 unspecified atom stereocenters. The van der Waals surface area contributed by atoms with Crippen LogP contribution in [0, 0.1) is 0 Å². The number of aliphatic hydroxyl groups is 1. The molecule has 0 spiro atoms. The van der Waals surface area contributed by atoms with Gasteiger partial charge in [0.2, 0.25) is 0 Å². The average Bonchev–Trinajstić information content (AvgIpc) is 2.11. The van der Waals surface area contributed by atoms with E-state index in [1.54, 1.807) is 0 Å². The molecule has 0 aliphatic heterocycles. The fraction of sp³-hybridized carbons (Fsp3) is 0.667. The third-order valence-electron chi connectivity index (χ3n) is 0.978. The molecule has 5 nitrogen and oxygen atoms in total. The van der Waals surface area contributed by atoms with Crippen molar-refractivity contribution in [1.82, 2.24) is 0 Å². The highest BCUT2D eigenvalue weighted by Crippen LogP contribution is 1.92. The van der Waals surface area contributed by atoms with Crippen molar-refractivity contribution >= 4 is 23.5 Å². The smallest absolute Gasteiger partial charge is 0.344 e. The molecule has 0 rings (SSSR count). The molecule has 70 valence electrons. The number of halogens is 1. The number of ether oxygens (including phenoxy) is 2. The van der Waals surface area contributed by atoms with E-state index in [2.05, 4.69) is 9.47 Å². The van der Waals surface area contributed by atoms with Crippen LogP contribution in [0.3, 0.4) is 0 Å². The lowest BCUT2D eigenvalue weighted by Crippen LogP contribution is -2.27. The molecule has 0 amide bonds. The van der Waals surface area contributed by atoms with Crippen LogP contribution in [-0.4, -0.2) is 42.7 Å². The molecule has 0 saturated carbocycles. The molecule has 0 saturated heterocycles. The Morgan fingerprint density at radius 1 is 1.58 bits per heavy atom. The first kappa shape index (κ1) is 11.2. The summed E-state index contributed by atoms with van der Waals surface area (Å²) >= 11 is 5.13. The van der Waals surface area contributed by atoms with Gasteiger partial charge >= 0.3 is 11.9 Å². The van der Waals surface area contributed by atoms with Crippen molar-refractivity contribution < 1.29 is 24.2 Å². The lowest BCUT2D eigenvalue weighted by atomic mass is 10.4. The van der Waals surface area contributed by atoms with Gasteiger partial charge < -0.3 is 14.6 Å². The normalized spacial score (nSPS) is 11.9. The first-order valence-corrected chi connectivity index (χ1v) is 3.62. The quantitative estimate of drug-likeness (QED) is 0.476. The van der Waals surface area contributed by atoms with E-state index in [1.165, 1.54) is 0 Å². The largest absolute Gasteiger partial charge is 0.466 e. The first-order valence-electron chi connectivity index (χ1n) is 3.09. The van der Waals surface area contributed by atoms with Crippen molar-refractivity contribution in [2.75, 3.05) is 19.6 Å². The van der Waals surface area contributed by atoms with Crippen LogP contribution < -0.4 is 0 Å². The molecule has 0 aliphatic carbocycles. The molecular formula is C6H9ClO5. The van der Waals surface area contributed by atoms with Crippen LogP contribution in [0.5, 0.6) is 0 Å². The van der Waals surface area contributed by atoms with Gasteiger partial charge in [-0.25, -0.2) is 9.59 Å². The molecule has 12 heavy (non-hydrogen) atoms. The third kappa shape index (κ3) is 4.15. The average molecular weight is 197 g/mol. The van der Waals surface area contributed by atoms with E-state index in [9.17, 15) is 9.59 Å². The van der Waals surface area contributed by atoms with Crippen LogP contribution in [0.2, 0.25) is 0 Å². The zero-order chi connectivity index (χ0) is 9.56. The minimum atomic E-state index is -1.39. The Labute approximate surface area is 74.2 Å². The van der Waals surface area contributed by atoms with Gasteiger partial charge in [-0.3, -0.25) is 0 Å². The standard InChI is InChI=1S/C6H9ClO5/c1-11-5(9)3-12-6(10)4(8)2-7/h4,8H,2-3H2,1H3. The molecule has 0 aliphatic rings. The Morgan fingerprint density at radius 3 is 2.58 bits per heavy atom. The van der Waals surface area contributed by atoms with E-state index in [-0.39, 0.29) is 5.88 Å². The van der Waals surface area contributed by atoms with E-state index >= 15 is 0 Å². The van der Waals surface area contributed by atoms with Crippen molar-refractivity contribution in [3.63, 3.8) is 0 Å². The second-order valence-corrected chi connectivity index (χ2v) is 2.16. The zero-order valence-corrected chi connectivity index (χ0v) is 7.21. The molecule has 0 heterocycles. The van der Waals surface area contributed by atoms with Gasteiger partial charge in [-0.05, 0) is 0 Å². The molecule has 0 aromatic rings. The van der Waals surface area contributed by atoms with Gasteiger partial charge in [-0.15, -0.1) is 11.6 Å². The number of aliphatic hydroxyl groups excluding tert-OH is 1. The highest BCUT2D eigenvalue weighted by atomic mass is 35.5. The van der Waals surface area contributed by atoms with Crippen LogP contribution in [0.4, 0.5) is 0 Å². The number of hydrogen-bond donors (Lipinski definition) is 1. The SMILES string of the molecule is COC(=O)COC(=O)C(O)CCl. The number of hydrogen-bond acceptors (Lipinski definition) is 5. The number of esters is 2. The highest BCUT2D eigenvalue weighted by Gasteiger charge is 2.16. The van der Waals surface area contributed by atoms with Crippen molar-refractivity contribution in [2.24, 2.45) is 0 Å². The summed E-state index contributed by atoms with van der Waals surface area (Å²) < 4.78 is 8.48. The lowest BCUT2D eigenvalue weighted by Gasteiger charge is -2.05. The molecule has 6 heteroatoms. The van der Waals surface area contributed by atoms with Gasteiger partial charge in [0.25, 0.3) is 0 Å². The molecular weight excluding hydrogens is 188 g/mol. The summed E-state index contributed by atoms with van der Waals surface area (Å²) in [6.07, 6.45) is -1.39. The molecule has 0 aromatic carbocycles.